The fourth-order valence-corrected chi connectivity index (χ4v) is 3.24. The lowest BCUT2D eigenvalue weighted by molar-refractivity contribution is -0.164. The van der Waals surface area contributed by atoms with E-state index in [-0.39, 0.29) is 29.9 Å². The molecule has 1 heterocycles. The molecule has 0 fully saturated rings. The van der Waals surface area contributed by atoms with Crippen molar-refractivity contribution in [3.8, 4) is 23.1 Å². The van der Waals surface area contributed by atoms with Crippen LogP contribution < -0.4 is 16.2 Å². The van der Waals surface area contributed by atoms with E-state index >= 15 is 0 Å². The van der Waals surface area contributed by atoms with Crippen LogP contribution in [0.3, 0.4) is 0 Å². The maximum Gasteiger partial charge on any atom is 0.410 e. The molecule has 1 aromatic heterocycles. The lowest BCUT2D eigenvalue weighted by atomic mass is 10.0. The normalized spacial score (nSPS) is 12.3. The van der Waals surface area contributed by atoms with Crippen LogP contribution in [0.4, 0.5) is 32.2 Å². The van der Waals surface area contributed by atoms with Gasteiger partial charge in [0.1, 0.15) is 40.8 Å². The van der Waals surface area contributed by atoms with Crippen molar-refractivity contribution >= 4 is 11.7 Å². The smallest absolute Gasteiger partial charge is 0.410 e. The highest BCUT2D eigenvalue weighted by molar-refractivity contribution is 5.95. The second kappa shape index (κ2) is 9.57. The minimum absolute atomic E-state index is 0.0603. The van der Waals surface area contributed by atoms with Crippen molar-refractivity contribution in [1.82, 2.24) is 9.78 Å². The molecule has 184 valence electrons. The number of amides is 1. The highest BCUT2D eigenvalue weighted by atomic mass is 19.4. The van der Waals surface area contributed by atoms with Crippen molar-refractivity contribution in [1.29, 1.82) is 5.26 Å². The molecule has 1 atom stereocenters. The summed E-state index contributed by atoms with van der Waals surface area (Å²) in [5.74, 6) is -5.18. The minimum Gasteiger partial charge on any atom is -0.492 e. The molecular formula is C22H17F6N5O2. The van der Waals surface area contributed by atoms with Gasteiger partial charge in [-0.2, -0.15) is 23.5 Å². The van der Waals surface area contributed by atoms with E-state index in [4.69, 9.17) is 16.2 Å². The molecule has 0 spiro atoms. The first kappa shape index (κ1) is 25.4. The summed E-state index contributed by atoms with van der Waals surface area (Å²) in [4.78, 5) is 11.4. The monoisotopic (exact) mass is 497 g/mol. The van der Waals surface area contributed by atoms with Crippen LogP contribution in [0, 0.1) is 28.8 Å². The Balaban J connectivity index is 1.88. The number of primary amides is 1. The average Bonchev–Trinajstić information content (AvgIpc) is 3.11. The number of carbonyl (C=O) groups is 1. The Bertz CT molecular complexity index is 1330. The predicted molar refractivity (Wildman–Crippen MR) is 112 cm³/mol. The molecule has 7 nitrogen and oxygen atoms in total. The van der Waals surface area contributed by atoms with Crippen LogP contribution in [-0.2, 0) is 6.42 Å². The molecule has 0 radical (unpaired) electrons. The third-order valence-corrected chi connectivity index (χ3v) is 5.15. The number of nitrogens with two attached hydrogens (primary N) is 2. The van der Waals surface area contributed by atoms with Crippen LogP contribution in [0.5, 0.6) is 5.75 Å². The Kier molecular flexibility index (Phi) is 6.95. The number of hydrogen-bond donors (Lipinski definition) is 2. The molecule has 0 bridgehead atoms. The van der Waals surface area contributed by atoms with Crippen LogP contribution in [0.2, 0.25) is 0 Å². The molecule has 1 amide bonds. The summed E-state index contributed by atoms with van der Waals surface area (Å²) in [5.41, 5.74) is 8.73. The van der Waals surface area contributed by atoms with Crippen molar-refractivity contribution in [3.05, 3.63) is 64.5 Å². The number of nitriles is 1. The first-order valence-corrected chi connectivity index (χ1v) is 9.91. The van der Waals surface area contributed by atoms with Crippen LogP contribution in [0.15, 0.2) is 30.3 Å². The molecule has 0 aliphatic heterocycles. The van der Waals surface area contributed by atoms with E-state index in [0.717, 1.165) is 37.3 Å². The molecule has 0 aliphatic carbocycles. The lowest BCUT2D eigenvalue weighted by Gasteiger charge is -2.17. The second-order valence-electron chi connectivity index (χ2n) is 7.39. The first-order valence-electron chi connectivity index (χ1n) is 9.91. The number of benzene rings is 2. The number of rotatable bonds is 7. The topological polar surface area (TPSA) is 120 Å². The van der Waals surface area contributed by atoms with Gasteiger partial charge in [0, 0.05) is 12.0 Å². The van der Waals surface area contributed by atoms with E-state index in [0.29, 0.717) is 4.68 Å². The number of halogens is 6. The zero-order chi connectivity index (χ0) is 26.1. The van der Waals surface area contributed by atoms with Crippen molar-refractivity contribution in [2.75, 3.05) is 12.3 Å². The third kappa shape index (κ3) is 5.01. The molecule has 4 N–H and O–H groups in total. The number of anilines is 1. The van der Waals surface area contributed by atoms with E-state index in [2.05, 4.69) is 5.10 Å². The molecule has 0 saturated carbocycles. The third-order valence-electron chi connectivity index (χ3n) is 5.15. The van der Waals surface area contributed by atoms with E-state index in [1.54, 1.807) is 6.07 Å². The molecule has 2 aromatic carbocycles. The van der Waals surface area contributed by atoms with E-state index in [9.17, 15) is 36.4 Å². The van der Waals surface area contributed by atoms with Gasteiger partial charge < -0.3 is 16.2 Å². The molecule has 3 aromatic rings. The number of nitrogen functional groups attached to an aromatic ring is 1. The van der Waals surface area contributed by atoms with Crippen molar-refractivity contribution < 1.29 is 35.9 Å². The van der Waals surface area contributed by atoms with Gasteiger partial charge in [-0.3, -0.25) is 4.79 Å². The molecule has 3 rings (SSSR count). The van der Waals surface area contributed by atoms with Gasteiger partial charge in [-0.1, -0.05) is 6.07 Å². The zero-order valence-corrected chi connectivity index (χ0v) is 18.0. The van der Waals surface area contributed by atoms with Gasteiger partial charge in [-0.15, -0.1) is 0 Å². The summed E-state index contributed by atoms with van der Waals surface area (Å²) in [5, 5.41) is 12.9. The largest absolute Gasteiger partial charge is 0.492 e. The molecule has 13 heteroatoms. The number of aromatic nitrogens is 2. The summed E-state index contributed by atoms with van der Waals surface area (Å²) in [7, 11) is 0. The Morgan fingerprint density at radius 2 is 1.89 bits per heavy atom. The van der Waals surface area contributed by atoms with E-state index in [1.807, 2.05) is 0 Å². The van der Waals surface area contributed by atoms with Gasteiger partial charge in [0.05, 0.1) is 12.2 Å². The van der Waals surface area contributed by atoms with Gasteiger partial charge in [-0.25, -0.2) is 17.9 Å². The van der Waals surface area contributed by atoms with Crippen molar-refractivity contribution in [2.24, 2.45) is 5.73 Å². The van der Waals surface area contributed by atoms with Crippen molar-refractivity contribution in [2.45, 2.75) is 25.6 Å². The van der Waals surface area contributed by atoms with Crippen molar-refractivity contribution in [3.63, 3.8) is 0 Å². The molecule has 35 heavy (non-hydrogen) atoms. The van der Waals surface area contributed by atoms with Crippen LogP contribution in [0.25, 0.3) is 11.3 Å². The van der Waals surface area contributed by atoms with Crippen LogP contribution >= 0.6 is 0 Å². The summed E-state index contributed by atoms with van der Waals surface area (Å²) >= 11 is 0. The number of ether oxygens (including phenoxy) is 1. The van der Waals surface area contributed by atoms with Gasteiger partial charge >= 0.3 is 6.18 Å². The Hall–Kier alpha value is -4.21. The van der Waals surface area contributed by atoms with E-state index < -0.39 is 58.2 Å². The summed E-state index contributed by atoms with van der Waals surface area (Å²) in [6, 6.07) is 4.58. The molecular weight excluding hydrogens is 480 g/mol. The highest BCUT2D eigenvalue weighted by Crippen LogP contribution is 2.36. The summed E-state index contributed by atoms with van der Waals surface area (Å²) < 4.78 is 87.9. The van der Waals surface area contributed by atoms with Gasteiger partial charge in [0.15, 0.2) is 11.6 Å². The number of hydrogen-bond acceptors (Lipinski definition) is 5. The maximum absolute atomic E-state index is 14.9. The fourth-order valence-electron chi connectivity index (χ4n) is 3.24. The highest BCUT2D eigenvalue weighted by Gasteiger charge is 2.40. The Morgan fingerprint density at radius 3 is 2.49 bits per heavy atom. The summed E-state index contributed by atoms with van der Waals surface area (Å²) in [6.07, 6.45) is -4.96. The van der Waals surface area contributed by atoms with Crippen LogP contribution in [0.1, 0.15) is 34.5 Å². The van der Waals surface area contributed by atoms with Crippen LogP contribution in [-0.4, -0.2) is 28.5 Å². The SMILES string of the molecule is CC(n1nc(-c2ccc(CCOc3ccc(F)cc3C(N)=O)c(F)c2F)c(C#N)c1N)C(F)(F)F. The average molecular weight is 497 g/mol. The van der Waals surface area contributed by atoms with Gasteiger partial charge in [0.2, 0.25) is 0 Å². The van der Waals surface area contributed by atoms with Gasteiger partial charge in [-0.05, 0) is 36.8 Å². The fraction of sp³-hybridized carbons (Fsp3) is 0.227. The second-order valence-corrected chi connectivity index (χ2v) is 7.39. The first-order chi connectivity index (χ1) is 16.4. The zero-order valence-electron chi connectivity index (χ0n) is 18.0. The maximum atomic E-state index is 14.9. The number of nitrogens with zero attached hydrogens (tertiary/aromatic N) is 3. The van der Waals surface area contributed by atoms with Gasteiger partial charge in [0.25, 0.3) is 5.91 Å². The molecule has 1 unspecified atom stereocenters. The van der Waals surface area contributed by atoms with E-state index in [1.165, 1.54) is 0 Å². The Morgan fingerprint density at radius 1 is 1.20 bits per heavy atom. The number of alkyl halides is 3. The predicted octanol–water partition coefficient (Wildman–Crippen LogP) is 4.26. The minimum atomic E-state index is -4.75. The molecule has 0 aliphatic rings. The summed E-state index contributed by atoms with van der Waals surface area (Å²) in [6.45, 7) is 0.495. The molecule has 0 saturated heterocycles. The standard InChI is InChI=1S/C22H17F6N5O2/c1-10(22(26,27)28)33-20(30)15(9-29)19(32-33)13-4-2-11(17(24)18(13)25)6-7-35-16-5-3-12(23)8-14(16)21(31)34/h2-5,8,10H,6-7,30H2,1H3,(H2,31,34). The number of carbonyl (C=O) groups excluding carboxylic acids is 1. The lowest BCUT2D eigenvalue weighted by Crippen LogP contribution is -2.25. The quantitative estimate of drug-likeness (QED) is 0.473. The Labute approximate surface area is 194 Å².